The van der Waals surface area contributed by atoms with Gasteiger partial charge in [-0.15, -0.1) is 0 Å². The topological polar surface area (TPSA) is 70.6 Å². The van der Waals surface area contributed by atoms with Crippen molar-refractivity contribution in [1.82, 2.24) is 19.8 Å². The molecule has 7 heteroatoms. The molecule has 0 atom stereocenters. The molecule has 1 aromatic carbocycles. The van der Waals surface area contributed by atoms with Gasteiger partial charge in [-0.05, 0) is 31.2 Å². The molecule has 1 N–H and O–H groups in total. The summed E-state index contributed by atoms with van der Waals surface area (Å²) in [5.41, 5.74) is 1.65. The van der Waals surface area contributed by atoms with Crippen molar-refractivity contribution in [2.24, 2.45) is 0 Å². The highest BCUT2D eigenvalue weighted by Gasteiger charge is 2.21. The number of nitrogens with zero attached hydrogens (tertiary/aromatic N) is 4. The van der Waals surface area contributed by atoms with Gasteiger partial charge in [-0.2, -0.15) is 0 Å². The van der Waals surface area contributed by atoms with Gasteiger partial charge in [0.2, 0.25) is 0 Å². The van der Waals surface area contributed by atoms with Gasteiger partial charge in [-0.3, -0.25) is 4.79 Å². The fourth-order valence-electron chi connectivity index (χ4n) is 2.87. The maximum absolute atomic E-state index is 12.6. The highest BCUT2D eigenvalue weighted by Crippen LogP contribution is 2.13. The quantitative estimate of drug-likeness (QED) is 0.847. The van der Waals surface area contributed by atoms with Crippen LogP contribution in [0.3, 0.4) is 0 Å². The summed E-state index contributed by atoms with van der Waals surface area (Å²) in [4.78, 5) is 25.0. The number of hydrogen-bond acceptors (Lipinski definition) is 6. The van der Waals surface area contributed by atoms with Crippen molar-refractivity contribution in [3.63, 3.8) is 0 Å². The Morgan fingerprint density at radius 3 is 2.58 bits per heavy atom. The maximum atomic E-state index is 12.6. The predicted octanol–water partition coefficient (Wildman–Crippen LogP) is 1.53. The van der Waals surface area contributed by atoms with E-state index in [-0.39, 0.29) is 5.91 Å². The van der Waals surface area contributed by atoms with E-state index in [1.54, 1.807) is 13.2 Å². The van der Waals surface area contributed by atoms with E-state index in [1.165, 1.54) is 11.9 Å². The lowest BCUT2D eigenvalue weighted by atomic mass is 10.1. The Morgan fingerprint density at radius 2 is 1.88 bits per heavy atom. The molecule has 1 saturated heterocycles. The monoisotopic (exact) mass is 355 g/mol. The van der Waals surface area contributed by atoms with Crippen molar-refractivity contribution in [2.75, 3.05) is 52.2 Å². The van der Waals surface area contributed by atoms with Crippen molar-refractivity contribution in [1.29, 1.82) is 0 Å². The van der Waals surface area contributed by atoms with E-state index in [1.807, 2.05) is 29.2 Å². The van der Waals surface area contributed by atoms with Crippen molar-refractivity contribution in [3.8, 4) is 5.75 Å². The zero-order valence-electron chi connectivity index (χ0n) is 15.3. The van der Waals surface area contributed by atoms with Gasteiger partial charge in [0.05, 0.1) is 7.11 Å². The molecule has 0 bridgehead atoms. The van der Waals surface area contributed by atoms with Crippen LogP contribution in [0.25, 0.3) is 0 Å². The van der Waals surface area contributed by atoms with Gasteiger partial charge < -0.3 is 19.9 Å². The summed E-state index contributed by atoms with van der Waals surface area (Å²) in [6.45, 7) is 3.98. The number of aromatic nitrogens is 2. The minimum absolute atomic E-state index is 0.0290. The number of piperazine rings is 1. The molecular formula is C19H25N5O2. The molecule has 1 aliphatic rings. The highest BCUT2D eigenvalue weighted by atomic mass is 16.5. The molecule has 1 aliphatic heterocycles. The van der Waals surface area contributed by atoms with Crippen LogP contribution in [0.1, 0.15) is 16.1 Å². The van der Waals surface area contributed by atoms with E-state index in [2.05, 4.69) is 27.2 Å². The van der Waals surface area contributed by atoms with Crippen molar-refractivity contribution in [3.05, 3.63) is 47.9 Å². The van der Waals surface area contributed by atoms with Crippen molar-refractivity contribution < 1.29 is 9.53 Å². The number of benzene rings is 1. The molecule has 0 saturated carbocycles. The lowest BCUT2D eigenvalue weighted by Crippen LogP contribution is -2.47. The van der Waals surface area contributed by atoms with E-state index in [9.17, 15) is 4.79 Å². The smallest absolute Gasteiger partial charge is 0.272 e. The molecule has 138 valence electrons. The van der Waals surface area contributed by atoms with Crippen LogP contribution in [0.15, 0.2) is 36.7 Å². The molecule has 26 heavy (non-hydrogen) atoms. The second-order valence-corrected chi connectivity index (χ2v) is 6.41. The fourth-order valence-corrected chi connectivity index (χ4v) is 2.87. The average Bonchev–Trinajstić information content (AvgIpc) is 2.69. The molecule has 0 radical (unpaired) electrons. The Morgan fingerprint density at radius 1 is 1.15 bits per heavy atom. The first kappa shape index (κ1) is 18.1. The molecule has 1 amide bonds. The molecule has 7 nitrogen and oxygen atoms in total. The first-order valence-electron chi connectivity index (χ1n) is 8.82. The van der Waals surface area contributed by atoms with E-state index in [4.69, 9.17) is 4.74 Å². The van der Waals surface area contributed by atoms with Gasteiger partial charge in [0, 0.05) is 38.8 Å². The number of ether oxygens (including phenoxy) is 1. The van der Waals surface area contributed by atoms with Crippen LogP contribution in [-0.2, 0) is 6.42 Å². The van der Waals surface area contributed by atoms with Crippen molar-refractivity contribution in [2.45, 2.75) is 6.42 Å². The lowest BCUT2D eigenvalue weighted by Gasteiger charge is -2.32. The summed E-state index contributed by atoms with van der Waals surface area (Å²) in [5.74, 6) is 1.49. The average molecular weight is 355 g/mol. The van der Waals surface area contributed by atoms with Crippen LogP contribution in [0.4, 0.5) is 5.82 Å². The van der Waals surface area contributed by atoms with E-state index >= 15 is 0 Å². The number of nitrogens with one attached hydrogen (secondary N) is 1. The lowest BCUT2D eigenvalue weighted by molar-refractivity contribution is 0.0658. The Kier molecular flexibility index (Phi) is 6.01. The molecular weight excluding hydrogens is 330 g/mol. The summed E-state index contributed by atoms with van der Waals surface area (Å²) in [6.07, 6.45) is 2.30. The molecule has 2 heterocycles. The predicted molar refractivity (Wildman–Crippen MR) is 101 cm³/mol. The molecule has 1 aromatic heterocycles. The third kappa shape index (κ3) is 4.70. The summed E-state index contributed by atoms with van der Waals surface area (Å²) in [5, 5.41) is 3.27. The molecule has 1 fully saturated rings. The number of carbonyl (C=O) groups excluding carboxylic acids is 1. The van der Waals surface area contributed by atoms with Gasteiger partial charge in [0.25, 0.3) is 5.91 Å². The van der Waals surface area contributed by atoms with Crippen LogP contribution in [0, 0.1) is 0 Å². The second-order valence-electron chi connectivity index (χ2n) is 6.41. The molecule has 3 rings (SSSR count). The number of likely N-dealkylation sites (N-methyl/N-ethyl adjacent to an activating group) is 1. The summed E-state index contributed by atoms with van der Waals surface area (Å²) in [6, 6.07) is 9.72. The van der Waals surface area contributed by atoms with Gasteiger partial charge in [0.15, 0.2) is 0 Å². The van der Waals surface area contributed by atoms with Gasteiger partial charge in [-0.25, -0.2) is 9.97 Å². The number of anilines is 1. The zero-order valence-corrected chi connectivity index (χ0v) is 15.3. The van der Waals surface area contributed by atoms with E-state index < -0.39 is 0 Å². The third-order valence-corrected chi connectivity index (χ3v) is 4.56. The molecule has 0 unspecified atom stereocenters. The third-order valence-electron chi connectivity index (χ3n) is 4.56. The Hall–Kier alpha value is -2.67. The van der Waals surface area contributed by atoms with E-state index in [0.29, 0.717) is 11.5 Å². The number of carbonyl (C=O) groups is 1. The van der Waals surface area contributed by atoms with Crippen LogP contribution in [-0.4, -0.2) is 72.6 Å². The Bertz CT molecular complexity index is 727. The van der Waals surface area contributed by atoms with E-state index in [0.717, 1.165) is 44.9 Å². The Labute approximate surface area is 154 Å². The van der Waals surface area contributed by atoms with Gasteiger partial charge in [-0.1, -0.05) is 12.1 Å². The van der Waals surface area contributed by atoms with Gasteiger partial charge >= 0.3 is 0 Å². The standard InChI is InChI=1S/C19H25N5O2/c1-23-9-11-24(12-10-23)19(25)17-13-18(22-14-21-17)20-8-7-15-3-5-16(26-2)6-4-15/h3-6,13-14H,7-12H2,1-2H3,(H,20,21,22). The second kappa shape index (κ2) is 8.62. The van der Waals surface area contributed by atoms with Crippen LogP contribution in [0.5, 0.6) is 5.75 Å². The first-order valence-corrected chi connectivity index (χ1v) is 8.82. The largest absolute Gasteiger partial charge is 0.497 e. The summed E-state index contributed by atoms with van der Waals surface area (Å²) in [7, 11) is 3.73. The molecule has 2 aromatic rings. The number of rotatable bonds is 6. The van der Waals surface area contributed by atoms with Crippen LogP contribution in [0.2, 0.25) is 0 Å². The minimum atomic E-state index is -0.0290. The molecule has 0 spiro atoms. The van der Waals surface area contributed by atoms with Crippen molar-refractivity contribution >= 4 is 11.7 Å². The summed E-state index contributed by atoms with van der Waals surface area (Å²) >= 11 is 0. The normalized spacial score (nSPS) is 14.9. The molecule has 0 aliphatic carbocycles. The first-order chi connectivity index (χ1) is 12.7. The minimum Gasteiger partial charge on any atom is -0.497 e. The number of amides is 1. The highest BCUT2D eigenvalue weighted by molar-refractivity contribution is 5.93. The SMILES string of the molecule is COc1ccc(CCNc2cc(C(=O)N3CCN(C)CC3)ncn2)cc1. The summed E-state index contributed by atoms with van der Waals surface area (Å²) < 4.78 is 5.16. The Balaban J connectivity index is 1.54. The van der Waals surface area contributed by atoms with Gasteiger partial charge in [0.1, 0.15) is 23.6 Å². The number of methoxy groups -OCH3 is 1. The fraction of sp³-hybridized carbons (Fsp3) is 0.421. The van der Waals surface area contributed by atoms with Crippen LogP contribution >= 0.6 is 0 Å². The zero-order chi connectivity index (χ0) is 18.4. The number of hydrogen-bond donors (Lipinski definition) is 1. The van der Waals surface area contributed by atoms with Crippen LogP contribution < -0.4 is 10.1 Å². The maximum Gasteiger partial charge on any atom is 0.272 e.